The van der Waals surface area contributed by atoms with Gasteiger partial charge in [-0.05, 0) is 49.7 Å². The van der Waals surface area contributed by atoms with Gasteiger partial charge in [-0.2, -0.15) is 4.31 Å². The summed E-state index contributed by atoms with van der Waals surface area (Å²) in [5, 5.41) is 2.66. The normalized spacial score (nSPS) is 19.0. The zero-order valence-corrected chi connectivity index (χ0v) is 18.7. The number of aryl methyl sites for hydroxylation is 1. The number of anilines is 1. The first-order chi connectivity index (χ1) is 15.2. The Bertz CT molecular complexity index is 1140. The van der Waals surface area contributed by atoms with Crippen molar-refractivity contribution in [2.45, 2.75) is 24.8 Å². The fourth-order valence-electron chi connectivity index (χ4n) is 3.62. The third-order valence-electron chi connectivity index (χ3n) is 5.46. The van der Waals surface area contributed by atoms with Gasteiger partial charge < -0.3 is 19.7 Å². The first-order valence-electron chi connectivity index (χ1n) is 10.3. The van der Waals surface area contributed by atoms with E-state index in [0.717, 1.165) is 5.56 Å². The Hall–Kier alpha value is -3.11. The lowest BCUT2D eigenvalue weighted by molar-refractivity contribution is -0.134. The van der Waals surface area contributed by atoms with Crippen molar-refractivity contribution in [2.24, 2.45) is 0 Å². The molecule has 10 heteroatoms. The van der Waals surface area contributed by atoms with Crippen LogP contribution in [-0.4, -0.2) is 68.3 Å². The Kier molecular flexibility index (Phi) is 6.07. The summed E-state index contributed by atoms with van der Waals surface area (Å²) in [6.07, 6.45) is -0.634. The second-order valence-corrected chi connectivity index (χ2v) is 9.74. The average Bonchev–Trinajstić information content (AvgIpc) is 2.78. The van der Waals surface area contributed by atoms with E-state index >= 15 is 0 Å². The topological polar surface area (TPSA) is 105 Å². The van der Waals surface area contributed by atoms with Crippen LogP contribution in [0.3, 0.4) is 0 Å². The number of nitrogens with one attached hydrogen (secondary N) is 1. The molecule has 0 aromatic heterocycles. The third-order valence-corrected chi connectivity index (χ3v) is 7.36. The van der Waals surface area contributed by atoms with Crippen molar-refractivity contribution in [1.82, 2.24) is 9.21 Å². The van der Waals surface area contributed by atoms with E-state index in [4.69, 9.17) is 9.47 Å². The Morgan fingerprint density at radius 3 is 2.62 bits per heavy atom. The summed E-state index contributed by atoms with van der Waals surface area (Å²) in [5.74, 6) is 0.538. The molecule has 1 atom stereocenters. The van der Waals surface area contributed by atoms with E-state index in [2.05, 4.69) is 5.32 Å². The average molecular weight is 460 g/mol. The van der Waals surface area contributed by atoms with Gasteiger partial charge in [-0.3, -0.25) is 9.59 Å². The van der Waals surface area contributed by atoms with Crippen LogP contribution in [-0.2, 0) is 19.6 Å². The number of amides is 2. The van der Waals surface area contributed by atoms with E-state index in [9.17, 15) is 18.0 Å². The lowest BCUT2D eigenvalue weighted by Crippen LogP contribution is -2.51. The molecule has 2 amide bonds. The Morgan fingerprint density at radius 1 is 1.16 bits per heavy atom. The Balaban J connectivity index is 1.36. The number of carbonyl (C=O) groups is 2. The molecule has 0 spiro atoms. The van der Waals surface area contributed by atoms with Crippen LogP contribution in [0, 0.1) is 6.92 Å². The van der Waals surface area contributed by atoms with Crippen molar-refractivity contribution >= 4 is 27.5 Å². The number of nitrogens with zero attached hydrogens (tertiary/aromatic N) is 2. The van der Waals surface area contributed by atoms with E-state index < -0.39 is 16.1 Å². The summed E-state index contributed by atoms with van der Waals surface area (Å²) in [7, 11) is -3.78. The number of hydrogen-bond acceptors (Lipinski definition) is 6. The van der Waals surface area contributed by atoms with Crippen LogP contribution in [0.5, 0.6) is 11.5 Å². The molecule has 1 N–H and O–H groups in total. The number of sulfonamides is 1. The predicted molar refractivity (Wildman–Crippen MR) is 117 cm³/mol. The van der Waals surface area contributed by atoms with Crippen molar-refractivity contribution < 1.29 is 27.5 Å². The maximum Gasteiger partial charge on any atom is 0.265 e. The molecule has 2 aliphatic heterocycles. The van der Waals surface area contributed by atoms with E-state index in [1.807, 2.05) is 25.1 Å². The van der Waals surface area contributed by atoms with Crippen LogP contribution in [0.25, 0.3) is 0 Å². The maximum atomic E-state index is 13.1. The van der Waals surface area contributed by atoms with Gasteiger partial charge >= 0.3 is 0 Å². The highest BCUT2D eigenvalue weighted by Crippen LogP contribution is 2.33. The molecule has 0 radical (unpaired) electrons. The van der Waals surface area contributed by atoms with Crippen molar-refractivity contribution in [2.75, 3.05) is 38.1 Å². The molecule has 32 heavy (non-hydrogen) atoms. The van der Waals surface area contributed by atoms with Gasteiger partial charge in [0.1, 0.15) is 11.5 Å². The smallest absolute Gasteiger partial charge is 0.265 e. The number of ether oxygens (including phenoxy) is 2. The lowest BCUT2D eigenvalue weighted by Gasteiger charge is -2.34. The van der Waals surface area contributed by atoms with Crippen LogP contribution >= 0.6 is 0 Å². The molecule has 9 nitrogen and oxygen atoms in total. The minimum absolute atomic E-state index is 0.0669. The molecular formula is C22H25N3O6S. The van der Waals surface area contributed by atoms with Gasteiger partial charge in [0, 0.05) is 26.2 Å². The van der Waals surface area contributed by atoms with Gasteiger partial charge in [0.05, 0.1) is 10.6 Å². The monoisotopic (exact) mass is 459 g/mol. The molecule has 2 aromatic carbocycles. The highest BCUT2D eigenvalue weighted by atomic mass is 32.2. The maximum absolute atomic E-state index is 13.1. The zero-order valence-electron chi connectivity index (χ0n) is 17.9. The number of fused-ring (bicyclic) bond motifs is 1. The summed E-state index contributed by atoms with van der Waals surface area (Å²) in [6.45, 7) is 4.37. The van der Waals surface area contributed by atoms with Crippen molar-refractivity contribution in [3.05, 3.63) is 48.0 Å². The first kappa shape index (κ1) is 22.1. The summed E-state index contributed by atoms with van der Waals surface area (Å²) in [6, 6.07) is 11.9. The molecule has 1 saturated heterocycles. The standard InChI is InChI=1S/C22H25N3O6S/c1-15-4-3-5-17(12-15)30-14-21(26)24-8-10-25(11-9-24)32(28,29)18-6-7-20-19(13-18)23-22(27)16(2)31-20/h3-7,12-13,16H,8-11,14H2,1-2H3,(H,23,27)/t16-/m0/s1. The number of piperazine rings is 1. The zero-order chi connectivity index (χ0) is 22.9. The molecule has 0 bridgehead atoms. The van der Waals surface area contributed by atoms with Gasteiger partial charge in [-0.25, -0.2) is 8.42 Å². The Morgan fingerprint density at radius 2 is 1.91 bits per heavy atom. The molecule has 1 fully saturated rings. The molecular weight excluding hydrogens is 434 g/mol. The second-order valence-electron chi connectivity index (χ2n) is 7.80. The molecule has 0 saturated carbocycles. The molecule has 4 rings (SSSR count). The van der Waals surface area contributed by atoms with Crippen LogP contribution in [0.4, 0.5) is 5.69 Å². The van der Waals surface area contributed by atoms with Gasteiger partial charge in [-0.15, -0.1) is 0 Å². The Labute approximate surface area is 187 Å². The van der Waals surface area contributed by atoms with Crippen LogP contribution in [0.1, 0.15) is 12.5 Å². The molecule has 2 heterocycles. The SMILES string of the molecule is Cc1cccc(OCC(=O)N2CCN(S(=O)(=O)c3ccc4c(c3)NC(=O)[C@H](C)O4)CC2)c1. The minimum atomic E-state index is -3.78. The molecule has 170 valence electrons. The van der Waals surface area contributed by atoms with E-state index in [1.54, 1.807) is 24.0 Å². The first-order valence-corrected chi connectivity index (χ1v) is 11.8. The highest BCUT2D eigenvalue weighted by Gasteiger charge is 2.32. The molecule has 2 aliphatic rings. The third kappa shape index (κ3) is 4.56. The second kappa shape index (κ2) is 8.79. The number of carbonyl (C=O) groups excluding carboxylic acids is 2. The highest BCUT2D eigenvalue weighted by molar-refractivity contribution is 7.89. The lowest BCUT2D eigenvalue weighted by atomic mass is 10.2. The van der Waals surface area contributed by atoms with Gasteiger partial charge in [0.15, 0.2) is 12.7 Å². The largest absolute Gasteiger partial charge is 0.484 e. The number of hydrogen-bond donors (Lipinski definition) is 1. The fourth-order valence-corrected chi connectivity index (χ4v) is 5.07. The van der Waals surface area contributed by atoms with Crippen molar-refractivity contribution in [3.63, 3.8) is 0 Å². The minimum Gasteiger partial charge on any atom is -0.484 e. The summed E-state index contributed by atoms with van der Waals surface area (Å²) in [4.78, 5) is 26.0. The summed E-state index contributed by atoms with van der Waals surface area (Å²) >= 11 is 0. The van der Waals surface area contributed by atoms with E-state index in [-0.39, 0.29) is 49.5 Å². The molecule has 2 aromatic rings. The van der Waals surface area contributed by atoms with Crippen molar-refractivity contribution in [1.29, 1.82) is 0 Å². The summed E-state index contributed by atoms with van der Waals surface area (Å²) < 4.78 is 38.6. The van der Waals surface area contributed by atoms with Crippen LogP contribution in [0.15, 0.2) is 47.4 Å². The molecule has 0 aliphatic carbocycles. The van der Waals surface area contributed by atoms with Crippen LogP contribution in [0.2, 0.25) is 0 Å². The fraction of sp³-hybridized carbons (Fsp3) is 0.364. The van der Waals surface area contributed by atoms with Gasteiger partial charge in [0.2, 0.25) is 10.0 Å². The predicted octanol–water partition coefficient (Wildman–Crippen LogP) is 1.63. The quantitative estimate of drug-likeness (QED) is 0.729. The van der Waals surface area contributed by atoms with E-state index in [1.165, 1.54) is 16.4 Å². The van der Waals surface area contributed by atoms with Crippen LogP contribution < -0.4 is 14.8 Å². The number of benzene rings is 2. The summed E-state index contributed by atoms with van der Waals surface area (Å²) in [5.41, 5.74) is 1.37. The molecule has 0 unspecified atom stereocenters. The number of rotatable bonds is 5. The van der Waals surface area contributed by atoms with Gasteiger partial charge in [-0.1, -0.05) is 12.1 Å². The van der Waals surface area contributed by atoms with E-state index in [0.29, 0.717) is 17.2 Å². The van der Waals surface area contributed by atoms with Gasteiger partial charge in [0.25, 0.3) is 11.8 Å². The van der Waals surface area contributed by atoms with Crippen molar-refractivity contribution in [3.8, 4) is 11.5 Å².